The third kappa shape index (κ3) is 4.34. The highest BCUT2D eigenvalue weighted by atomic mass is 79.9. The second-order valence-electron chi connectivity index (χ2n) is 1.56. The number of aliphatic hydroxyl groups excluding tert-OH is 1. The lowest BCUT2D eigenvalue weighted by molar-refractivity contribution is 0.249. The minimum atomic E-state index is -0.310. The van der Waals surface area contributed by atoms with Crippen LogP contribution in [-0.4, -0.2) is 16.5 Å². The molecule has 8 heavy (non-hydrogen) atoms. The summed E-state index contributed by atoms with van der Waals surface area (Å²) in [5, 5.41) is 9.48. The van der Waals surface area contributed by atoms with Crippen LogP contribution in [0.2, 0.25) is 0 Å². The smallest absolute Gasteiger partial charge is 0.0817 e. The van der Waals surface area contributed by atoms with Crippen molar-refractivity contribution in [1.82, 2.24) is 0 Å². The maximum atomic E-state index is 8.86. The van der Waals surface area contributed by atoms with E-state index in [1.165, 1.54) is 0 Å². The molecule has 1 atom stereocenters. The van der Waals surface area contributed by atoms with Gasteiger partial charge in [0.2, 0.25) is 0 Å². The Morgan fingerprint density at radius 1 is 1.75 bits per heavy atom. The fourth-order valence-electron chi connectivity index (χ4n) is 0.345. The summed E-state index contributed by atoms with van der Waals surface area (Å²) in [6.07, 6.45) is 4.42. The van der Waals surface area contributed by atoms with Gasteiger partial charge in [0, 0.05) is 5.33 Å². The van der Waals surface area contributed by atoms with Crippen LogP contribution in [0.4, 0.5) is 0 Å². The van der Waals surface area contributed by atoms with E-state index >= 15 is 0 Å². The first-order valence-corrected chi connectivity index (χ1v) is 3.84. The molecule has 0 aromatic carbocycles. The number of halogens is 1. The molecule has 1 N–H and O–H groups in total. The first-order chi connectivity index (χ1) is 3.81. The summed E-state index contributed by atoms with van der Waals surface area (Å²) in [5.41, 5.74) is 0. The van der Waals surface area contributed by atoms with E-state index in [-0.39, 0.29) is 6.10 Å². The lowest BCUT2D eigenvalue weighted by Crippen LogP contribution is -2.01. The van der Waals surface area contributed by atoms with Gasteiger partial charge in [-0.3, -0.25) is 0 Å². The summed E-state index contributed by atoms with van der Waals surface area (Å²) in [5.74, 6) is 0. The monoisotopic (exact) mass is 178 g/mol. The molecular formula is C6H11BrO. The normalized spacial score (nSPS) is 14.9. The Kier molecular flexibility index (Phi) is 5.44. The van der Waals surface area contributed by atoms with Gasteiger partial charge in [0.25, 0.3) is 0 Å². The minimum Gasteiger partial charge on any atom is -0.388 e. The molecule has 0 radical (unpaired) electrons. The van der Waals surface area contributed by atoms with Crippen molar-refractivity contribution in [3.8, 4) is 0 Å². The fourth-order valence-corrected chi connectivity index (χ4v) is 0.560. The molecule has 0 aliphatic rings. The van der Waals surface area contributed by atoms with Crippen molar-refractivity contribution < 1.29 is 5.11 Å². The molecule has 0 fully saturated rings. The van der Waals surface area contributed by atoms with Crippen molar-refractivity contribution in [2.45, 2.75) is 19.4 Å². The summed E-state index contributed by atoms with van der Waals surface area (Å²) in [4.78, 5) is 0. The van der Waals surface area contributed by atoms with E-state index in [0.29, 0.717) is 5.33 Å². The van der Waals surface area contributed by atoms with E-state index in [9.17, 15) is 0 Å². The summed E-state index contributed by atoms with van der Waals surface area (Å²) < 4.78 is 0. The molecule has 0 aromatic rings. The highest BCUT2D eigenvalue weighted by molar-refractivity contribution is 9.09. The Balaban J connectivity index is 3.21. The largest absolute Gasteiger partial charge is 0.388 e. The molecule has 0 saturated heterocycles. The van der Waals surface area contributed by atoms with Crippen LogP contribution in [0.3, 0.4) is 0 Å². The van der Waals surface area contributed by atoms with Crippen molar-refractivity contribution in [2.75, 3.05) is 5.33 Å². The first-order valence-electron chi connectivity index (χ1n) is 2.72. The summed E-state index contributed by atoms with van der Waals surface area (Å²) in [6.45, 7) is 2.04. The molecule has 0 amide bonds. The van der Waals surface area contributed by atoms with Crippen molar-refractivity contribution in [3.63, 3.8) is 0 Å². The van der Waals surface area contributed by atoms with Gasteiger partial charge in [-0.05, 0) is 6.42 Å². The molecule has 0 aromatic heterocycles. The van der Waals surface area contributed by atoms with Gasteiger partial charge in [-0.15, -0.1) is 0 Å². The third-order valence-corrected chi connectivity index (χ3v) is 1.42. The van der Waals surface area contributed by atoms with Crippen LogP contribution in [-0.2, 0) is 0 Å². The van der Waals surface area contributed by atoms with Crippen LogP contribution in [0.1, 0.15) is 13.3 Å². The van der Waals surface area contributed by atoms with Crippen LogP contribution in [0.15, 0.2) is 12.2 Å². The highest BCUT2D eigenvalue weighted by Gasteiger charge is 1.90. The molecule has 0 spiro atoms. The SMILES string of the molecule is CC/C=C/C(O)CBr. The van der Waals surface area contributed by atoms with E-state index in [1.54, 1.807) is 6.08 Å². The number of allylic oxidation sites excluding steroid dienone is 1. The quantitative estimate of drug-likeness (QED) is 0.516. The van der Waals surface area contributed by atoms with Crippen molar-refractivity contribution in [1.29, 1.82) is 0 Å². The lowest BCUT2D eigenvalue weighted by atomic mass is 10.3. The number of rotatable bonds is 3. The van der Waals surface area contributed by atoms with E-state index < -0.39 is 0 Å². The summed E-state index contributed by atoms with van der Waals surface area (Å²) >= 11 is 3.14. The Hall–Kier alpha value is 0.180. The maximum absolute atomic E-state index is 8.86. The van der Waals surface area contributed by atoms with Crippen LogP contribution in [0.25, 0.3) is 0 Å². The molecule has 2 heteroatoms. The van der Waals surface area contributed by atoms with E-state index in [0.717, 1.165) is 6.42 Å². The van der Waals surface area contributed by atoms with Gasteiger partial charge in [0.1, 0.15) is 0 Å². The molecule has 1 nitrogen and oxygen atoms in total. The Bertz CT molecular complexity index is 70.9. The number of aliphatic hydroxyl groups is 1. The number of hydrogen-bond donors (Lipinski definition) is 1. The van der Waals surface area contributed by atoms with Gasteiger partial charge < -0.3 is 5.11 Å². The zero-order valence-electron chi connectivity index (χ0n) is 4.97. The Morgan fingerprint density at radius 3 is 2.75 bits per heavy atom. The molecule has 0 aliphatic carbocycles. The van der Waals surface area contributed by atoms with Gasteiger partial charge in [-0.2, -0.15) is 0 Å². The summed E-state index contributed by atoms with van der Waals surface area (Å²) in [7, 11) is 0. The fraction of sp³-hybridized carbons (Fsp3) is 0.667. The van der Waals surface area contributed by atoms with Gasteiger partial charge in [0.15, 0.2) is 0 Å². The van der Waals surface area contributed by atoms with Crippen LogP contribution in [0, 0.1) is 0 Å². The zero-order valence-corrected chi connectivity index (χ0v) is 6.56. The molecule has 0 aliphatic heterocycles. The topological polar surface area (TPSA) is 20.2 Å². The van der Waals surface area contributed by atoms with E-state index in [2.05, 4.69) is 15.9 Å². The Labute approximate surface area is 58.5 Å². The average molecular weight is 179 g/mol. The van der Waals surface area contributed by atoms with E-state index in [1.807, 2.05) is 13.0 Å². The molecule has 0 rings (SSSR count). The number of hydrogen-bond acceptors (Lipinski definition) is 1. The molecular weight excluding hydrogens is 168 g/mol. The molecule has 0 bridgehead atoms. The maximum Gasteiger partial charge on any atom is 0.0817 e. The first kappa shape index (κ1) is 8.18. The van der Waals surface area contributed by atoms with Crippen molar-refractivity contribution in [2.24, 2.45) is 0 Å². The number of alkyl halides is 1. The van der Waals surface area contributed by atoms with Gasteiger partial charge in [0.05, 0.1) is 6.10 Å². The zero-order chi connectivity index (χ0) is 6.41. The molecule has 1 unspecified atom stereocenters. The van der Waals surface area contributed by atoms with Crippen molar-refractivity contribution in [3.05, 3.63) is 12.2 Å². The van der Waals surface area contributed by atoms with Gasteiger partial charge in [-0.1, -0.05) is 35.0 Å². The molecule has 0 heterocycles. The third-order valence-electron chi connectivity index (χ3n) is 0.752. The summed E-state index contributed by atoms with van der Waals surface area (Å²) in [6, 6.07) is 0. The van der Waals surface area contributed by atoms with Crippen molar-refractivity contribution >= 4 is 15.9 Å². The van der Waals surface area contributed by atoms with Gasteiger partial charge in [-0.25, -0.2) is 0 Å². The van der Waals surface area contributed by atoms with Gasteiger partial charge >= 0.3 is 0 Å². The predicted octanol–water partition coefficient (Wildman–Crippen LogP) is 1.71. The Morgan fingerprint density at radius 2 is 2.38 bits per heavy atom. The second kappa shape index (κ2) is 5.32. The van der Waals surface area contributed by atoms with Crippen LogP contribution < -0.4 is 0 Å². The lowest BCUT2D eigenvalue weighted by Gasteiger charge is -1.95. The average Bonchev–Trinajstić information content (AvgIpc) is 1.83. The minimum absolute atomic E-state index is 0.310. The van der Waals surface area contributed by atoms with Crippen LogP contribution >= 0.6 is 15.9 Å². The van der Waals surface area contributed by atoms with Crippen LogP contribution in [0.5, 0.6) is 0 Å². The van der Waals surface area contributed by atoms with E-state index in [4.69, 9.17) is 5.11 Å². The molecule has 0 saturated carbocycles. The highest BCUT2D eigenvalue weighted by Crippen LogP contribution is 1.92. The predicted molar refractivity (Wildman–Crippen MR) is 39.2 cm³/mol. The molecule has 48 valence electrons. The standard InChI is InChI=1S/C6H11BrO/c1-2-3-4-6(8)5-7/h3-4,6,8H,2,5H2,1H3/b4-3+. The second-order valence-corrected chi connectivity index (χ2v) is 2.21.